The van der Waals surface area contributed by atoms with Crippen LogP contribution in [0.1, 0.15) is 11.1 Å². The summed E-state index contributed by atoms with van der Waals surface area (Å²) in [6.45, 7) is 0. The third-order valence-corrected chi connectivity index (χ3v) is 9.77. The van der Waals surface area contributed by atoms with Gasteiger partial charge in [0.25, 0.3) is 0 Å². The van der Waals surface area contributed by atoms with E-state index in [1.165, 1.54) is 21.5 Å². The van der Waals surface area contributed by atoms with Crippen molar-refractivity contribution in [3.8, 4) is 0 Å². The second-order valence-electron chi connectivity index (χ2n) is 7.36. The van der Waals surface area contributed by atoms with Gasteiger partial charge in [-0.05, 0) is 47.5 Å². The number of aliphatic carboxylic acids is 1. The molecule has 2 nitrogen and oxygen atoms in total. The van der Waals surface area contributed by atoms with E-state index in [9.17, 15) is 4.79 Å². The molecule has 0 heterocycles. The Morgan fingerprint density at radius 3 is 1.45 bits per heavy atom. The molecule has 1 N–H and O–H groups in total. The summed E-state index contributed by atoms with van der Waals surface area (Å²) in [4.78, 5) is 11.1. The molecule has 0 amide bonds. The van der Waals surface area contributed by atoms with Crippen LogP contribution in [0.25, 0.3) is 0 Å². The van der Waals surface area contributed by atoms with Crippen molar-refractivity contribution in [2.75, 3.05) is 0 Å². The van der Waals surface area contributed by atoms with E-state index >= 15 is 0 Å². The molecule has 0 aliphatic heterocycles. The summed E-state index contributed by atoms with van der Waals surface area (Å²) in [5.74, 6) is -0.806. The molecule has 4 heteroatoms. The van der Waals surface area contributed by atoms with Crippen molar-refractivity contribution in [1.82, 2.24) is 0 Å². The van der Waals surface area contributed by atoms with Crippen LogP contribution in [-0.4, -0.2) is 11.1 Å². The van der Waals surface area contributed by atoms with Gasteiger partial charge in [-0.1, -0.05) is 78.9 Å². The van der Waals surface area contributed by atoms with E-state index in [0.717, 1.165) is 11.7 Å². The number of hydrogen-bond acceptors (Lipinski definition) is 1. The van der Waals surface area contributed by atoms with Gasteiger partial charge < -0.3 is 22.1 Å². The largest absolute Gasteiger partial charge is 1.00 e. The maximum Gasteiger partial charge on any atom is 0.307 e. The van der Waals surface area contributed by atoms with Crippen molar-refractivity contribution in [2.24, 2.45) is 0 Å². The van der Waals surface area contributed by atoms with Crippen LogP contribution in [0, 0.1) is 0 Å². The molecule has 0 saturated carbocycles. The molecule has 0 unspecified atom stereocenters. The van der Waals surface area contributed by atoms with Crippen molar-refractivity contribution in [3.05, 3.63) is 126 Å². The first kappa shape index (κ1) is 22.9. The molecule has 0 saturated heterocycles. The van der Waals surface area contributed by atoms with Crippen LogP contribution in [0.5, 0.6) is 0 Å². The predicted octanol–water partition coefficient (Wildman–Crippen LogP) is 1.81. The molecule has 4 aromatic rings. The zero-order valence-electron chi connectivity index (χ0n) is 17.1. The molecule has 0 spiro atoms. The third kappa shape index (κ3) is 5.12. The maximum atomic E-state index is 11.1. The highest BCUT2D eigenvalue weighted by molar-refractivity contribution is 7.95. The van der Waals surface area contributed by atoms with Crippen molar-refractivity contribution in [2.45, 2.75) is 12.6 Å². The average Bonchev–Trinajstić information content (AvgIpc) is 2.80. The van der Waals surface area contributed by atoms with Gasteiger partial charge in [0.1, 0.15) is 23.2 Å². The zero-order valence-corrected chi connectivity index (χ0v) is 19.5. The monoisotopic (exact) mass is 490 g/mol. The molecule has 0 aliphatic carbocycles. The molecule has 0 aromatic heterocycles. The summed E-state index contributed by atoms with van der Waals surface area (Å²) in [6, 6.07) is 40.3. The maximum absolute atomic E-state index is 11.1. The van der Waals surface area contributed by atoms with Gasteiger partial charge in [0.15, 0.2) is 0 Å². The first-order valence-corrected chi connectivity index (χ1v) is 12.0. The molecule has 4 aromatic carbocycles. The summed E-state index contributed by atoms with van der Waals surface area (Å²) >= 11 is 0. The first-order valence-electron chi connectivity index (χ1n) is 10.0. The van der Waals surface area contributed by atoms with E-state index in [4.69, 9.17) is 5.11 Å². The number of halogens is 1. The summed E-state index contributed by atoms with van der Waals surface area (Å²) in [6.07, 6.45) is 0.960. The van der Waals surface area contributed by atoms with Crippen molar-refractivity contribution in [1.29, 1.82) is 0 Å². The summed E-state index contributed by atoms with van der Waals surface area (Å²) in [7, 11) is -1.98. The van der Waals surface area contributed by atoms with E-state index in [1.54, 1.807) is 0 Å². The Bertz CT molecular complexity index is 1060. The van der Waals surface area contributed by atoms with E-state index in [0.29, 0.717) is 0 Å². The smallest absolute Gasteiger partial charge is 0.307 e. The predicted molar refractivity (Wildman–Crippen MR) is 127 cm³/mol. The van der Waals surface area contributed by atoms with Gasteiger partial charge in [-0.3, -0.25) is 4.79 Å². The van der Waals surface area contributed by atoms with Crippen LogP contribution in [0.4, 0.5) is 0 Å². The lowest BCUT2D eigenvalue weighted by Gasteiger charge is -2.28. The van der Waals surface area contributed by atoms with E-state index in [2.05, 4.69) is 103 Å². The minimum absolute atomic E-state index is 0. The van der Waals surface area contributed by atoms with Crippen LogP contribution in [0.2, 0.25) is 0 Å². The standard InChI is InChI=1S/C27H23O2P.BrH/c28-27(29)20-22-16-18-26(19-17-22)30(24-12-6-2-7-13-24,25-14-8-3-9-15-25)21-23-10-4-1-5-11-23;/h1-19H,20-21H2;1H. The molecule has 31 heavy (non-hydrogen) atoms. The molecular weight excluding hydrogens is 467 g/mol. The van der Waals surface area contributed by atoms with Crippen molar-refractivity contribution in [3.63, 3.8) is 0 Å². The Kier molecular flexibility index (Phi) is 7.79. The number of carbonyl (C=O) groups is 1. The summed E-state index contributed by atoms with van der Waals surface area (Å²) in [5.41, 5.74) is 2.12. The molecule has 0 aliphatic rings. The molecule has 0 fully saturated rings. The second-order valence-corrected chi connectivity index (χ2v) is 10.8. The minimum Gasteiger partial charge on any atom is -1.00 e. The van der Waals surface area contributed by atoms with Crippen LogP contribution in [-0.2, 0) is 17.4 Å². The fourth-order valence-electron chi connectivity index (χ4n) is 3.99. The molecular formula is C27H24BrO2P. The van der Waals surface area contributed by atoms with Gasteiger partial charge in [0.05, 0.1) is 12.6 Å². The van der Waals surface area contributed by atoms with Gasteiger partial charge in [0, 0.05) is 0 Å². The Labute approximate surface area is 194 Å². The quantitative estimate of drug-likeness (QED) is 0.401. The van der Waals surface area contributed by atoms with E-state index < -0.39 is 13.2 Å². The lowest BCUT2D eigenvalue weighted by molar-refractivity contribution is -0.136. The summed E-state index contributed by atoms with van der Waals surface area (Å²) < 4.78 is 0. The van der Waals surface area contributed by atoms with Gasteiger partial charge in [-0.2, -0.15) is 0 Å². The Balaban J connectivity index is 0.00000272. The van der Waals surface area contributed by atoms with Gasteiger partial charge >= 0.3 is 5.97 Å². The average molecular weight is 491 g/mol. The number of benzene rings is 4. The van der Waals surface area contributed by atoms with Gasteiger partial charge in [-0.25, -0.2) is 0 Å². The van der Waals surface area contributed by atoms with Crippen LogP contribution >= 0.6 is 7.26 Å². The van der Waals surface area contributed by atoms with Gasteiger partial charge in [0.2, 0.25) is 0 Å². The molecule has 0 bridgehead atoms. The van der Waals surface area contributed by atoms with E-state index in [1.807, 2.05) is 12.1 Å². The highest BCUT2D eigenvalue weighted by Gasteiger charge is 2.45. The lowest BCUT2D eigenvalue weighted by atomic mass is 10.2. The number of carboxylic acids is 1. The fourth-order valence-corrected chi connectivity index (χ4v) is 8.21. The molecule has 156 valence electrons. The highest BCUT2D eigenvalue weighted by Crippen LogP contribution is 2.58. The third-order valence-electron chi connectivity index (χ3n) is 5.39. The zero-order chi connectivity index (χ0) is 20.8. The van der Waals surface area contributed by atoms with Gasteiger partial charge in [-0.15, -0.1) is 0 Å². The van der Waals surface area contributed by atoms with Crippen LogP contribution in [0.3, 0.4) is 0 Å². The normalized spacial score (nSPS) is 10.8. The number of carboxylic acid groups (broad SMARTS) is 1. The minimum atomic E-state index is -1.98. The van der Waals surface area contributed by atoms with E-state index in [-0.39, 0.29) is 23.4 Å². The Hall–Kier alpha value is -2.74. The Morgan fingerprint density at radius 1 is 0.581 bits per heavy atom. The summed E-state index contributed by atoms with van der Waals surface area (Å²) in [5, 5.41) is 13.1. The number of hydrogen-bond donors (Lipinski definition) is 1. The topological polar surface area (TPSA) is 37.3 Å². The SMILES string of the molecule is O=C(O)Cc1ccc([P+](Cc2ccccc2)(c2ccccc2)c2ccccc2)cc1.[Br-]. The number of rotatable bonds is 7. The lowest BCUT2D eigenvalue weighted by Crippen LogP contribution is -3.00. The van der Waals surface area contributed by atoms with Crippen LogP contribution < -0.4 is 32.9 Å². The highest BCUT2D eigenvalue weighted by atomic mass is 79.9. The first-order chi connectivity index (χ1) is 14.7. The Morgan fingerprint density at radius 2 is 1.00 bits per heavy atom. The molecule has 4 rings (SSSR count). The fraction of sp³-hybridized carbons (Fsp3) is 0.0741. The molecule has 0 atom stereocenters. The second kappa shape index (κ2) is 10.5. The molecule has 0 radical (unpaired) electrons. The van der Waals surface area contributed by atoms with Crippen molar-refractivity contribution < 1.29 is 26.9 Å². The van der Waals surface area contributed by atoms with Crippen LogP contribution in [0.15, 0.2) is 115 Å². The van der Waals surface area contributed by atoms with Crippen molar-refractivity contribution >= 4 is 29.1 Å².